The van der Waals surface area contributed by atoms with Crippen LogP contribution in [0.15, 0.2) is 97.3 Å². The van der Waals surface area contributed by atoms with E-state index in [1.807, 2.05) is 84.9 Å². The van der Waals surface area contributed by atoms with E-state index in [2.05, 4.69) is 72.6 Å². The van der Waals surface area contributed by atoms with E-state index in [1.54, 1.807) is 12.4 Å². The Morgan fingerprint density at radius 2 is 1.18 bits per heavy atom. The number of nitriles is 2. The number of benzene rings is 2. The van der Waals surface area contributed by atoms with Crippen LogP contribution in [0.5, 0.6) is 0 Å². The Morgan fingerprint density at radius 1 is 0.661 bits per heavy atom. The average molecular weight is 747 g/mol. The third kappa shape index (κ3) is 8.06. The van der Waals surface area contributed by atoms with Crippen molar-refractivity contribution >= 4 is 24.3 Å². The quantitative estimate of drug-likeness (QED) is 0.199. The molecule has 0 unspecified atom stereocenters. The summed E-state index contributed by atoms with van der Waals surface area (Å²) in [5, 5.41) is 24.5. The molecule has 0 radical (unpaired) electrons. The van der Waals surface area contributed by atoms with Gasteiger partial charge in [-0.15, -0.1) is 0 Å². The molecule has 284 valence electrons. The van der Waals surface area contributed by atoms with Crippen molar-refractivity contribution in [3.8, 4) is 34.4 Å². The van der Waals surface area contributed by atoms with Gasteiger partial charge in [0.05, 0.1) is 46.7 Å². The highest BCUT2D eigenvalue weighted by Gasteiger charge is 2.47. The number of nitrogens with zero attached hydrogens (tertiary/aromatic N) is 4. The second-order valence-corrected chi connectivity index (χ2v) is 15.5. The molecule has 10 atom stereocenters. The van der Waals surface area contributed by atoms with Crippen molar-refractivity contribution in [1.29, 1.82) is 10.5 Å². The summed E-state index contributed by atoms with van der Waals surface area (Å²) in [5.41, 5.74) is 6.59. The summed E-state index contributed by atoms with van der Waals surface area (Å²) in [5.74, 6) is 2.24. The van der Waals surface area contributed by atoms with Gasteiger partial charge in [-0.2, -0.15) is 10.5 Å². The Hall–Kier alpha value is -6.26. The molecule has 0 spiro atoms. The van der Waals surface area contributed by atoms with Gasteiger partial charge in [-0.25, -0.2) is 9.59 Å². The largest absolute Gasteiger partial charge is 0.444 e. The fourth-order valence-corrected chi connectivity index (χ4v) is 8.60. The highest BCUT2D eigenvalue weighted by molar-refractivity contribution is 5.73. The number of alkyl carbamates (subject to hydrolysis) is 2. The van der Waals surface area contributed by atoms with E-state index in [0.29, 0.717) is 34.8 Å². The van der Waals surface area contributed by atoms with Crippen LogP contribution in [0.1, 0.15) is 63.1 Å². The lowest BCUT2D eigenvalue weighted by Gasteiger charge is -2.39. The Kier molecular flexibility index (Phi) is 11.3. The van der Waals surface area contributed by atoms with Crippen molar-refractivity contribution in [3.63, 3.8) is 0 Å². The molecule has 4 fully saturated rings. The number of ether oxygens (including phenoxy) is 2. The van der Waals surface area contributed by atoms with Crippen LogP contribution in [0.4, 0.5) is 9.59 Å². The molecular weight excluding hydrogens is 701 g/mol. The van der Waals surface area contributed by atoms with Crippen molar-refractivity contribution in [2.45, 2.75) is 64.8 Å². The summed E-state index contributed by atoms with van der Waals surface area (Å²) < 4.78 is 11.0. The summed E-state index contributed by atoms with van der Waals surface area (Å²) >= 11 is 0. The zero-order valence-corrected chi connectivity index (χ0v) is 32.0. The third-order valence-corrected chi connectivity index (χ3v) is 12.2. The molecule has 8 rings (SSSR count). The zero-order valence-electron chi connectivity index (χ0n) is 32.0. The fourth-order valence-electron chi connectivity index (χ4n) is 8.60. The highest BCUT2D eigenvalue weighted by Crippen LogP contribution is 2.41. The molecule has 4 aromatic rings. The lowest BCUT2D eigenvalue weighted by atomic mass is 9.70. The first-order valence-corrected chi connectivity index (χ1v) is 19.3. The predicted octanol–water partition coefficient (Wildman–Crippen LogP) is 8.81. The van der Waals surface area contributed by atoms with Crippen LogP contribution in [0, 0.1) is 58.2 Å². The van der Waals surface area contributed by atoms with Gasteiger partial charge >= 0.3 is 12.2 Å². The number of rotatable bonds is 6. The molecule has 56 heavy (non-hydrogen) atoms. The molecule has 4 heterocycles. The normalized spacial score (nSPS) is 29.0. The van der Waals surface area contributed by atoms with Gasteiger partial charge in [-0.05, 0) is 72.9 Å². The molecule has 2 amide bonds. The first-order valence-electron chi connectivity index (χ1n) is 19.3. The number of hydrogen-bond donors (Lipinski definition) is 2. The number of nitrogens with one attached hydrogen (secondary N) is 2. The maximum Gasteiger partial charge on any atom is 0.407 e. The molecule has 2 saturated heterocycles. The number of amides is 2. The van der Waals surface area contributed by atoms with Gasteiger partial charge in [0.25, 0.3) is 0 Å². The van der Waals surface area contributed by atoms with Crippen LogP contribution in [0.25, 0.3) is 34.4 Å². The second-order valence-electron chi connectivity index (χ2n) is 15.5. The summed E-state index contributed by atoms with van der Waals surface area (Å²) in [4.78, 5) is 32.4. The standard InChI is InChI=1S/2C23H23N3O2/c1-14-11-21-22(26-23(27)28-21)19(15(14)2)10-9-18-8-7-17(13-25-18)20-6-4-3-5-16(20)12-24;1-14-11-21-22(28-23(27)26-21)19(15(14)2)10-9-18-8-7-17(13-25-18)20-6-4-3-5-16(20)12-24/h2*3-10,13-15,19,21-22H,11H2,1-2H3,(H,26,27)/b2*10-9+/t2*14-,15+,19-,21+,22-/m00/s1. The SMILES string of the molecule is C[C@H]1[C@H](/C=C/c2ccc(-c3ccccc3C#N)cn2)[C@@H]2NC(=O)O[C@@H]2C[C@@H]1C.C[C@H]1[C@H](/C=C/c2ccc(-c3ccccc3C#N)cn2)[C@@H]2OC(=O)N[C@@H]2C[C@@H]1C. The molecule has 2 N–H and O–H groups in total. The van der Waals surface area contributed by atoms with E-state index >= 15 is 0 Å². The smallest absolute Gasteiger partial charge is 0.407 e. The van der Waals surface area contributed by atoms with Gasteiger partial charge in [0.15, 0.2) is 0 Å². The maximum absolute atomic E-state index is 11.7. The fraction of sp³-hybridized carbons (Fsp3) is 0.348. The average Bonchev–Trinajstić information content (AvgIpc) is 3.78. The van der Waals surface area contributed by atoms with Gasteiger partial charge in [0.1, 0.15) is 12.2 Å². The minimum absolute atomic E-state index is 0.0247. The van der Waals surface area contributed by atoms with Crippen LogP contribution < -0.4 is 10.6 Å². The van der Waals surface area contributed by atoms with E-state index in [0.717, 1.165) is 46.5 Å². The molecule has 2 aliphatic heterocycles. The Labute approximate surface area is 328 Å². The van der Waals surface area contributed by atoms with E-state index in [1.165, 1.54) is 0 Å². The van der Waals surface area contributed by atoms with Crippen LogP contribution in [0.2, 0.25) is 0 Å². The number of carbonyl (C=O) groups excluding carboxylic acids is 2. The summed E-state index contributed by atoms with van der Waals surface area (Å²) in [6, 6.07) is 27.5. The van der Waals surface area contributed by atoms with Crippen molar-refractivity contribution in [2.24, 2.45) is 35.5 Å². The van der Waals surface area contributed by atoms with Crippen LogP contribution in [0.3, 0.4) is 0 Å². The predicted molar refractivity (Wildman–Crippen MR) is 214 cm³/mol. The van der Waals surface area contributed by atoms with E-state index in [9.17, 15) is 20.1 Å². The Bertz CT molecular complexity index is 2050. The highest BCUT2D eigenvalue weighted by atomic mass is 16.6. The van der Waals surface area contributed by atoms with Crippen molar-refractivity contribution in [2.75, 3.05) is 0 Å². The minimum atomic E-state index is -0.312. The number of pyridine rings is 2. The van der Waals surface area contributed by atoms with E-state index in [4.69, 9.17) is 9.47 Å². The first kappa shape index (κ1) is 38.0. The minimum Gasteiger partial charge on any atom is -0.444 e. The van der Waals surface area contributed by atoms with Gasteiger partial charge < -0.3 is 20.1 Å². The van der Waals surface area contributed by atoms with Crippen molar-refractivity contribution in [1.82, 2.24) is 20.6 Å². The van der Waals surface area contributed by atoms with E-state index in [-0.39, 0.29) is 48.3 Å². The summed E-state index contributed by atoms with van der Waals surface area (Å²) in [7, 11) is 0. The molecule has 2 aromatic heterocycles. The van der Waals surface area contributed by atoms with Gasteiger partial charge in [-0.1, -0.05) is 88.4 Å². The third-order valence-electron chi connectivity index (χ3n) is 12.2. The molecule has 10 heteroatoms. The number of fused-ring (bicyclic) bond motifs is 2. The number of hydrogen-bond acceptors (Lipinski definition) is 8. The van der Waals surface area contributed by atoms with Crippen molar-refractivity contribution in [3.05, 3.63) is 120 Å². The molecule has 10 nitrogen and oxygen atoms in total. The Balaban J connectivity index is 0.000000172. The van der Waals surface area contributed by atoms with Gasteiger partial charge in [-0.3, -0.25) is 9.97 Å². The summed E-state index contributed by atoms with van der Waals surface area (Å²) in [6.45, 7) is 8.90. The molecule has 2 aliphatic carbocycles. The first-order chi connectivity index (χ1) is 27.1. The maximum atomic E-state index is 11.7. The molecule has 2 aromatic carbocycles. The molecular formula is C46H46N6O4. The van der Waals surface area contributed by atoms with Crippen LogP contribution in [-0.4, -0.2) is 46.4 Å². The topological polar surface area (TPSA) is 150 Å². The lowest BCUT2D eigenvalue weighted by Crippen LogP contribution is -2.47. The summed E-state index contributed by atoms with van der Waals surface area (Å²) in [6.07, 6.45) is 13.0. The monoisotopic (exact) mass is 746 g/mol. The van der Waals surface area contributed by atoms with Crippen LogP contribution >= 0.6 is 0 Å². The van der Waals surface area contributed by atoms with Crippen molar-refractivity contribution < 1.29 is 19.1 Å². The Morgan fingerprint density at radius 3 is 1.73 bits per heavy atom. The molecule has 4 aliphatic rings. The molecule has 0 bridgehead atoms. The molecule has 2 saturated carbocycles. The van der Waals surface area contributed by atoms with Gasteiger partial charge in [0.2, 0.25) is 0 Å². The lowest BCUT2D eigenvalue weighted by molar-refractivity contribution is 0.0415. The number of aromatic nitrogens is 2. The zero-order chi connectivity index (χ0) is 39.3. The second kappa shape index (κ2) is 16.6. The van der Waals surface area contributed by atoms with Crippen LogP contribution in [-0.2, 0) is 9.47 Å². The van der Waals surface area contributed by atoms with E-state index < -0.39 is 0 Å². The number of carbonyl (C=O) groups is 2. The van der Waals surface area contributed by atoms with Gasteiger partial charge in [0, 0.05) is 46.5 Å².